The second-order valence-electron chi connectivity index (χ2n) is 6.01. The van der Waals surface area contributed by atoms with Gasteiger partial charge in [0.25, 0.3) is 0 Å². The largest absolute Gasteiger partial charge is 0.493 e. The number of ether oxygens (including phenoxy) is 2. The van der Waals surface area contributed by atoms with E-state index in [0.717, 1.165) is 25.8 Å². The summed E-state index contributed by atoms with van der Waals surface area (Å²) in [4.78, 5) is 0. The molecule has 0 fully saturated rings. The molecular formula is C21H17Br2Cl2NO2. The van der Waals surface area contributed by atoms with E-state index in [0.29, 0.717) is 34.7 Å². The Bertz CT molecular complexity index is 965. The van der Waals surface area contributed by atoms with E-state index in [2.05, 4.69) is 37.2 Å². The Hall–Kier alpha value is -1.40. The second kappa shape index (κ2) is 9.88. The van der Waals surface area contributed by atoms with Gasteiger partial charge in [0.15, 0.2) is 11.5 Å². The first-order chi connectivity index (χ1) is 13.5. The first-order valence-electron chi connectivity index (χ1n) is 8.39. The Morgan fingerprint density at radius 1 is 0.893 bits per heavy atom. The van der Waals surface area contributed by atoms with Crippen molar-refractivity contribution >= 4 is 60.7 Å². The summed E-state index contributed by atoms with van der Waals surface area (Å²) < 4.78 is 13.4. The van der Waals surface area contributed by atoms with Crippen molar-refractivity contribution in [2.45, 2.75) is 13.2 Å². The minimum absolute atomic E-state index is 0.350. The fourth-order valence-corrected chi connectivity index (χ4v) is 3.76. The number of anilines is 1. The average Bonchev–Trinajstić information content (AvgIpc) is 2.69. The molecule has 146 valence electrons. The molecular weight excluding hydrogens is 529 g/mol. The van der Waals surface area contributed by atoms with Crippen LogP contribution in [0.1, 0.15) is 11.1 Å². The standard InChI is InChI=1S/C21H17Br2Cl2NO2/c1-27-20-10-14(11-26-16-5-3-15(22)4-6-16)8-17(23)21(20)28-12-13-2-7-18(24)19(25)9-13/h2-10,26H,11-12H2,1H3. The van der Waals surface area contributed by atoms with Crippen LogP contribution in [-0.2, 0) is 13.2 Å². The summed E-state index contributed by atoms with van der Waals surface area (Å²) in [5, 5.41) is 4.41. The van der Waals surface area contributed by atoms with E-state index in [1.165, 1.54) is 0 Å². The third-order valence-electron chi connectivity index (χ3n) is 4.00. The van der Waals surface area contributed by atoms with Crippen molar-refractivity contribution in [2.75, 3.05) is 12.4 Å². The Labute approximate surface area is 191 Å². The minimum atomic E-state index is 0.350. The highest BCUT2D eigenvalue weighted by Crippen LogP contribution is 2.37. The van der Waals surface area contributed by atoms with Crippen molar-refractivity contribution in [3.8, 4) is 11.5 Å². The Morgan fingerprint density at radius 3 is 2.32 bits per heavy atom. The fourth-order valence-electron chi connectivity index (χ4n) is 2.57. The summed E-state index contributed by atoms with van der Waals surface area (Å²) in [6, 6.07) is 17.4. The first kappa shape index (κ1) is 21.3. The molecule has 0 heterocycles. The molecule has 7 heteroatoms. The first-order valence-corrected chi connectivity index (χ1v) is 10.7. The van der Waals surface area contributed by atoms with Crippen molar-refractivity contribution in [1.82, 2.24) is 0 Å². The van der Waals surface area contributed by atoms with E-state index in [-0.39, 0.29) is 0 Å². The molecule has 0 bridgehead atoms. The molecule has 28 heavy (non-hydrogen) atoms. The Balaban J connectivity index is 1.71. The lowest BCUT2D eigenvalue weighted by Gasteiger charge is -2.15. The number of hydrogen-bond donors (Lipinski definition) is 1. The van der Waals surface area contributed by atoms with Crippen LogP contribution in [0.2, 0.25) is 10.0 Å². The SMILES string of the molecule is COc1cc(CNc2ccc(Br)cc2)cc(Br)c1OCc1ccc(Cl)c(Cl)c1. The minimum Gasteiger partial charge on any atom is -0.493 e. The summed E-state index contributed by atoms with van der Waals surface area (Å²) in [5.41, 5.74) is 3.02. The van der Waals surface area contributed by atoms with Gasteiger partial charge < -0.3 is 14.8 Å². The van der Waals surface area contributed by atoms with Gasteiger partial charge in [-0.15, -0.1) is 0 Å². The molecule has 1 N–H and O–H groups in total. The maximum absolute atomic E-state index is 6.07. The fraction of sp³-hybridized carbons (Fsp3) is 0.143. The molecule has 3 aromatic rings. The predicted octanol–water partition coefficient (Wildman–Crippen LogP) is 7.72. The normalized spacial score (nSPS) is 10.6. The third kappa shape index (κ3) is 5.57. The van der Waals surface area contributed by atoms with E-state index in [4.69, 9.17) is 32.7 Å². The zero-order chi connectivity index (χ0) is 20.1. The van der Waals surface area contributed by atoms with Gasteiger partial charge in [-0.05, 0) is 75.6 Å². The van der Waals surface area contributed by atoms with Crippen LogP contribution in [0, 0.1) is 0 Å². The predicted molar refractivity (Wildman–Crippen MR) is 123 cm³/mol. The molecule has 0 unspecified atom stereocenters. The Kier molecular flexibility index (Phi) is 7.52. The van der Waals surface area contributed by atoms with Gasteiger partial charge in [-0.2, -0.15) is 0 Å². The molecule has 3 aromatic carbocycles. The van der Waals surface area contributed by atoms with Gasteiger partial charge in [0.2, 0.25) is 0 Å². The van der Waals surface area contributed by atoms with Gasteiger partial charge >= 0.3 is 0 Å². The molecule has 0 radical (unpaired) electrons. The monoisotopic (exact) mass is 543 g/mol. The number of halogens is 4. The molecule has 0 saturated carbocycles. The quantitative estimate of drug-likeness (QED) is 0.330. The lowest BCUT2D eigenvalue weighted by atomic mass is 10.2. The van der Waals surface area contributed by atoms with Crippen LogP contribution in [0.15, 0.2) is 63.5 Å². The second-order valence-corrected chi connectivity index (χ2v) is 8.59. The summed E-state index contributed by atoms with van der Waals surface area (Å²) in [6.45, 7) is 1.01. The van der Waals surface area contributed by atoms with Gasteiger partial charge in [-0.25, -0.2) is 0 Å². The van der Waals surface area contributed by atoms with E-state index in [1.807, 2.05) is 42.5 Å². The maximum atomic E-state index is 6.07. The molecule has 3 nitrogen and oxygen atoms in total. The van der Waals surface area contributed by atoms with E-state index >= 15 is 0 Å². The number of hydrogen-bond acceptors (Lipinski definition) is 3. The molecule has 3 rings (SSSR count). The molecule has 0 aliphatic heterocycles. The topological polar surface area (TPSA) is 30.5 Å². The number of benzene rings is 3. The molecule has 0 aliphatic rings. The van der Waals surface area contributed by atoms with Crippen LogP contribution >= 0.6 is 55.1 Å². The zero-order valence-electron chi connectivity index (χ0n) is 14.9. The average molecular weight is 546 g/mol. The highest BCUT2D eigenvalue weighted by molar-refractivity contribution is 9.10. The van der Waals surface area contributed by atoms with Crippen molar-refractivity contribution in [2.24, 2.45) is 0 Å². The van der Waals surface area contributed by atoms with Gasteiger partial charge in [0, 0.05) is 16.7 Å². The molecule has 0 spiro atoms. The summed E-state index contributed by atoms with van der Waals surface area (Å²) in [7, 11) is 1.62. The van der Waals surface area contributed by atoms with Crippen LogP contribution in [0.25, 0.3) is 0 Å². The van der Waals surface area contributed by atoms with Crippen LogP contribution in [-0.4, -0.2) is 7.11 Å². The molecule has 0 aromatic heterocycles. The Morgan fingerprint density at radius 2 is 1.64 bits per heavy atom. The van der Waals surface area contributed by atoms with Crippen LogP contribution in [0.3, 0.4) is 0 Å². The van der Waals surface area contributed by atoms with Crippen LogP contribution in [0.4, 0.5) is 5.69 Å². The highest BCUT2D eigenvalue weighted by Gasteiger charge is 2.12. The lowest BCUT2D eigenvalue weighted by Crippen LogP contribution is -2.03. The molecule has 0 amide bonds. The van der Waals surface area contributed by atoms with Crippen molar-refractivity contribution in [3.05, 3.63) is 84.7 Å². The highest BCUT2D eigenvalue weighted by atomic mass is 79.9. The van der Waals surface area contributed by atoms with Gasteiger partial charge in [-0.1, -0.05) is 45.2 Å². The van der Waals surface area contributed by atoms with Crippen molar-refractivity contribution < 1.29 is 9.47 Å². The molecule has 0 atom stereocenters. The smallest absolute Gasteiger partial charge is 0.175 e. The third-order valence-corrected chi connectivity index (χ3v) is 5.85. The summed E-state index contributed by atoms with van der Waals surface area (Å²) in [6.07, 6.45) is 0. The van der Waals surface area contributed by atoms with Gasteiger partial charge in [0.1, 0.15) is 6.61 Å². The van der Waals surface area contributed by atoms with Gasteiger partial charge in [0.05, 0.1) is 21.6 Å². The molecule has 0 aliphatic carbocycles. The van der Waals surface area contributed by atoms with E-state index in [9.17, 15) is 0 Å². The van der Waals surface area contributed by atoms with Gasteiger partial charge in [-0.3, -0.25) is 0 Å². The maximum Gasteiger partial charge on any atom is 0.175 e. The van der Waals surface area contributed by atoms with Crippen LogP contribution in [0.5, 0.6) is 11.5 Å². The van der Waals surface area contributed by atoms with Crippen LogP contribution < -0.4 is 14.8 Å². The van der Waals surface area contributed by atoms with E-state index < -0.39 is 0 Å². The number of rotatable bonds is 7. The summed E-state index contributed by atoms with van der Waals surface area (Å²) in [5.74, 6) is 1.29. The van der Waals surface area contributed by atoms with E-state index in [1.54, 1.807) is 19.2 Å². The summed E-state index contributed by atoms with van der Waals surface area (Å²) >= 11 is 19.1. The van der Waals surface area contributed by atoms with Crippen molar-refractivity contribution in [1.29, 1.82) is 0 Å². The number of methoxy groups -OCH3 is 1. The van der Waals surface area contributed by atoms with Crippen molar-refractivity contribution in [3.63, 3.8) is 0 Å². The lowest BCUT2D eigenvalue weighted by molar-refractivity contribution is 0.282. The number of nitrogens with one attached hydrogen (secondary N) is 1. The zero-order valence-corrected chi connectivity index (χ0v) is 19.6. The molecule has 0 saturated heterocycles.